The molecule has 1 aliphatic heterocycles. The zero-order chi connectivity index (χ0) is 19.9. The maximum Gasteiger partial charge on any atom is 0.279 e. The van der Waals surface area contributed by atoms with E-state index in [1.54, 1.807) is 48.5 Å². The van der Waals surface area contributed by atoms with Gasteiger partial charge in [-0.1, -0.05) is 48.5 Å². The van der Waals surface area contributed by atoms with Crippen molar-refractivity contribution in [2.45, 2.75) is 10.9 Å². The molecular weight excluding hydrogens is 380 g/mol. The minimum absolute atomic E-state index is 0.0232. The number of hydrogen-bond donors (Lipinski definition) is 1. The lowest BCUT2D eigenvalue weighted by atomic mass is 9.80. The van der Waals surface area contributed by atoms with Crippen molar-refractivity contribution in [3.8, 4) is 0 Å². The molecule has 2 aromatic carbocycles. The zero-order valence-corrected chi connectivity index (χ0v) is 15.4. The number of nitrogens with zero attached hydrogens (tertiary/aromatic N) is 2. The monoisotopic (exact) mass is 396 g/mol. The number of carbonyl (C=O) groups excluding carboxylic acids is 2. The normalized spacial score (nSPS) is 22.0. The average Bonchev–Trinajstić information content (AvgIpc) is 3.12. The van der Waals surface area contributed by atoms with E-state index in [1.165, 1.54) is 18.2 Å². The molecule has 0 saturated carbocycles. The number of rotatable bonds is 4. The number of fused-ring (bicyclic) bond motifs is 1. The Bertz CT molecular complexity index is 1110. The van der Waals surface area contributed by atoms with Crippen molar-refractivity contribution < 1.29 is 23.1 Å². The first kappa shape index (κ1) is 18.3. The molecule has 0 bridgehead atoms. The van der Waals surface area contributed by atoms with Gasteiger partial charge >= 0.3 is 0 Å². The van der Waals surface area contributed by atoms with Crippen molar-refractivity contribution in [2.24, 2.45) is 11.0 Å². The van der Waals surface area contributed by atoms with Crippen LogP contribution in [-0.4, -0.2) is 47.9 Å². The van der Waals surface area contributed by atoms with E-state index in [2.05, 4.69) is 5.10 Å². The first-order valence-electron chi connectivity index (χ1n) is 8.58. The lowest BCUT2D eigenvalue weighted by Crippen LogP contribution is -2.46. The molecular formula is C20H16N2O5S. The summed E-state index contributed by atoms with van der Waals surface area (Å²) in [6.45, 7) is -0.645. The van der Waals surface area contributed by atoms with Crippen molar-refractivity contribution in [1.82, 2.24) is 4.41 Å². The summed E-state index contributed by atoms with van der Waals surface area (Å²) < 4.78 is 27.2. The van der Waals surface area contributed by atoms with Crippen molar-refractivity contribution in [3.05, 3.63) is 77.9 Å². The number of benzene rings is 2. The largest absolute Gasteiger partial charge is 0.392 e. The van der Waals surface area contributed by atoms with E-state index in [-0.39, 0.29) is 16.2 Å². The standard InChI is InChI=1S/C20H16N2O5S/c23-12-14-11-16-17(20(25)19(14)24)18(13-7-3-1-4-8-13)21-22(16)28(26,27)15-9-5-2-6-10-15/h1-11,16-17,23H,12H2. The van der Waals surface area contributed by atoms with Crippen LogP contribution in [0.5, 0.6) is 0 Å². The molecule has 0 aromatic heterocycles. The molecule has 142 valence electrons. The summed E-state index contributed by atoms with van der Waals surface area (Å²) in [6, 6.07) is 15.4. The second-order valence-corrected chi connectivity index (χ2v) is 8.25. The van der Waals surface area contributed by atoms with Crippen LogP contribution in [0.25, 0.3) is 0 Å². The topological polar surface area (TPSA) is 104 Å². The molecule has 2 aromatic rings. The van der Waals surface area contributed by atoms with Gasteiger partial charge in [-0.2, -0.15) is 17.9 Å². The molecule has 1 heterocycles. The number of hydrogen-bond acceptors (Lipinski definition) is 6. The van der Waals surface area contributed by atoms with Gasteiger partial charge in [0.1, 0.15) is 0 Å². The van der Waals surface area contributed by atoms with E-state index >= 15 is 0 Å². The molecule has 2 unspecified atom stereocenters. The number of ketones is 2. The highest BCUT2D eigenvalue weighted by Gasteiger charge is 2.51. The Morgan fingerprint density at radius 1 is 0.964 bits per heavy atom. The van der Waals surface area contributed by atoms with Crippen LogP contribution in [0.3, 0.4) is 0 Å². The number of hydrazone groups is 1. The lowest BCUT2D eigenvalue weighted by molar-refractivity contribution is -0.136. The van der Waals surface area contributed by atoms with Crippen molar-refractivity contribution >= 4 is 27.3 Å². The number of aliphatic hydroxyl groups is 1. The molecule has 0 amide bonds. The molecule has 4 rings (SSSR count). The second kappa shape index (κ2) is 6.81. The van der Waals surface area contributed by atoms with E-state index in [0.717, 1.165) is 4.41 Å². The molecule has 0 saturated heterocycles. The smallest absolute Gasteiger partial charge is 0.279 e. The highest BCUT2D eigenvalue weighted by molar-refractivity contribution is 7.89. The van der Waals surface area contributed by atoms with E-state index in [0.29, 0.717) is 5.56 Å². The molecule has 28 heavy (non-hydrogen) atoms. The third-order valence-corrected chi connectivity index (χ3v) is 6.48. The van der Waals surface area contributed by atoms with Crippen molar-refractivity contribution in [1.29, 1.82) is 0 Å². The summed E-state index contributed by atoms with van der Waals surface area (Å²) in [4.78, 5) is 25.1. The number of aliphatic hydroxyl groups excluding tert-OH is 1. The Morgan fingerprint density at radius 2 is 1.57 bits per heavy atom. The Kier molecular flexibility index (Phi) is 4.44. The van der Waals surface area contributed by atoms with Crippen LogP contribution in [0.2, 0.25) is 0 Å². The fourth-order valence-electron chi connectivity index (χ4n) is 3.43. The predicted octanol–water partition coefficient (Wildman–Crippen LogP) is 1.15. The Hall–Kier alpha value is -3.10. The zero-order valence-electron chi connectivity index (χ0n) is 14.6. The quantitative estimate of drug-likeness (QED) is 0.781. The van der Waals surface area contributed by atoms with E-state index in [1.807, 2.05) is 0 Å². The van der Waals surface area contributed by atoms with Gasteiger partial charge in [-0.05, 0) is 23.8 Å². The lowest BCUT2D eigenvalue weighted by Gasteiger charge is -2.27. The molecule has 2 aliphatic rings. The summed E-state index contributed by atoms with van der Waals surface area (Å²) in [7, 11) is -4.07. The fourth-order valence-corrected chi connectivity index (χ4v) is 4.85. The summed E-state index contributed by atoms with van der Waals surface area (Å²) in [5, 5.41) is 13.7. The van der Waals surface area contributed by atoms with Crippen LogP contribution in [-0.2, 0) is 19.6 Å². The molecule has 2 atom stereocenters. The van der Waals surface area contributed by atoms with Gasteiger partial charge in [-0.3, -0.25) is 9.59 Å². The van der Waals surface area contributed by atoms with E-state index in [9.17, 15) is 23.1 Å². The fraction of sp³-hybridized carbons (Fsp3) is 0.150. The van der Waals surface area contributed by atoms with Gasteiger partial charge in [-0.15, -0.1) is 0 Å². The van der Waals surface area contributed by atoms with Gasteiger partial charge < -0.3 is 5.11 Å². The first-order valence-corrected chi connectivity index (χ1v) is 10.0. The van der Waals surface area contributed by atoms with Gasteiger partial charge in [0.2, 0.25) is 11.6 Å². The number of carbonyl (C=O) groups is 2. The third kappa shape index (κ3) is 2.78. The van der Waals surface area contributed by atoms with Crippen molar-refractivity contribution in [3.63, 3.8) is 0 Å². The molecule has 1 N–H and O–H groups in total. The van der Waals surface area contributed by atoms with Gasteiger partial charge in [0, 0.05) is 5.57 Å². The second-order valence-electron chi connectivity index (χ2n) is 6.45. The number of Topliss-reactive ketones (excluding diaryl/α,β-unsaturated/α-hetero) is 2. The number of sulfonamides is 1. The summed E-state index contributed by atoms with van der Waals surface area (Å²) in [5.74, 6) is -2.64. The summed E-state index contributed by atoms with van der Waals surface area (Å²) >= 11 is 0. The van der Waals surface area contributed by atoms with Gasteiger partial charge in [-0.25, -0.2) is 0 Å². The molecule has 0 fully saturated rings. The Labute approximate surface area is 161 Å². The first-order chi connectivity index (χ1) is 13.4. The Morgan fingerprint density at radius 3 is 2.18 bits per heavy atom. The highest BCUT2D eigenvalue weighted by Crippen LogP contribution is 2.36. The maximum atomic E-state index is 13.2. The SMILES string of the molecule is O=C1C(=O)C2C(c3ccccc3)=NN(S(=O)(=O)c3ccccc3)C2C=C1CO. The molecule has 0 spiro atoms. The average molecular weight is 396 g/mol. The minimum atomic E-state index is -4.07. The summed E-state index contributed by atoms with van der Waals surface area (Å²) in [5.41, 5.74) is 0.658. The van der Waals surface area contributed by atoms with Crippen LogP contribution >= 0.6 is 0 Å². The van der Waals surface area contributed by atoms with Crippen LogP contribution in [0.15, 0.2) is 82.3 Å². The van der Waals surface area contributed by atoms with Crippen LogP contribution in [0.4, 0.5) is 0 Å². The van der Waals surface area contributed by atoms with Gasteiger partial charge in [0.15, 0.2) is 0 Å². The maximum absolute atomic E-state index is 13.2. The highest BCUT2D eigenvalue weighted by atomic mass is 32.2. The molecule has 1 aliphatic carbocycles. The van der Waals surface area contributed by atoms with Crippen molar-refractivity contribution in [2.75, 3.05) is 6.61 Å². The van der Waals surface area contributed by atoms with Crippen LogP contribution in [0, 0.1) is 5.92 Å². The minimum Gasteiger partial charge on any atom is -0.392 e. The van der Waals surface area contributed by atoms with E-state index < -0.39 is 40.2 Å². The summed E-state index contributed by atoms with van der Waals surface area (Å²) in [6.07, 6.45) is 1.33. The van der Waals surface area contributed by atoms with Crippen LogP contribution in [0.1, 0.15) is 5.56 Å². The van der Waals surface area contributed by atoms with Crippen LogP contribution < -0.4 is 0 Å². The predicted molar refractivity (Wildman–Crippen MR) is 101 cm³/mol. The van der Waals surface area contributed by atoms with Gasteiger partial charge in [0.05, 0.1) is 29.2 Å². The van der Waals surface area contributed by atoms with E-state index in [4.69, 9.17) is 0 Å². The third-order valence-electron chi connectivity index (χ3n) is 4.79. The molecule has 7 nitrogen and oxygen atoms in total. The van der Waals surface area contributed by atoms with Gasteiger partial charge in [0.25, 0.3) is 10.0 Å². The molecule has 8 heteroatoms. The Balaban J connectivity index is 1.90. The molecule has 0 radical (unpaired) electrons.